The average Bonchev–Trinajstić information content (AvgIpc) is 2.87. The average molecular weight is 463 g/mol. The summed E-state index contributed by atoms with van der Waals surface area (Å²) in [5.41, 5.74) is 4.02. The fraction of sp³-hybridized carbons (Fsp3) is 0.357. The number of carbonyl (C=O) groups is 1. The number of hydrogen-bond acceptors (Lipinski definition) is 5. The van der Waals surface area contributed by atoms with E-state index in [0.717, 1.165) is 54.7 Å². The number of anilines is 1. The normalized spacial score (nSPS) is 14.1. The number of hydrogen-bond donors (Lipinski definition) is 0. The van der Waals surface area contributed by atoms with Crippen molar-refractivity contribution in [2.45, 2.75) is 39.2 Å². The minimum atomic E-state index is -0.250. The maximum atomic E-state index is 15.2. The number of piperidine rings is 1. The summed E-state index contributed by atoms with van der Waals surface area (Å²) in [4.78, 5) is 18.0. The van der Waals surface area contributed by atoms with Gasteiger partial charge in [-0.1, -0.05) is 36.4 Å². The molecule has 4 rings (SSSR count). The molecule has 1 aliphatic heterocycles. The van der Waals surface area contributed by atoms with E-state index >= 15 is 4.39 Å². The molecule has 0 N–H and O–H groups in total. The Morgan fingerprint density at radius 1 is 1.09 bits per heavy atom. The predicted octanol–water partition coefficient (Wildman–Crippen LogP) is 5.94. The summed E-state index contributed by atoms with van der Waals surface area (Å²) in [5.74, 6) is 0.560. The van der Waals surface area contributed by atoms with Crippen molar-refractivity contribution in [1.29, 1.82) is 0 Å². The lowest BCUT2D eigenvalue weighted by atomic mass is 9.92. The van der Waals surface area contributed by atoms with Crippen LogP contribution in [0.3, 0.4) is 0 Å². The van der Waals surface area contributed by atoms with Crippen LogP contribution in [0.25, 0.3) is 11.1 Å². The van der Waals surface area contributed by atoms with Crippen LogP contribution < -0.4 is 9.64 Å². The summed E-state index contributed by atoms with van der Waals surface area (Å²) in [5, 5.41) is 0. The minimum Gasteiger partial charge on any atom is -0.472 e. The van der Waals surface area contributed by atoms with Gasteiger partial charge in [0.1, 0.15) is 12.4 Å². The minimum absolute atomic E-state index is 0.165. The molecule has 0 radical (unpaired) electrons. The van der Waals surface area contributed by atoms with Crippen LogP contribution >= 0.6 is 0 Å². The quantitative estimate of drug-likeness (QED) is 0.388. The van der Waals surface area contributed by atoms with Crippen LogP contribution in [0, 0.1) is 18.7 Å². The number of benzene rings is 2. The van der Waals surface area contributed by atoms with E-state index in [1.54, 1.807) is 6.07 Å². The molecule has 0 bridgehead atoms. The molecule has 1 saturated heterocycles. The Morgan fingerprint density at radius 3 is 2.56 bits per heavy atom. The summed E-state index contributed by atoms with van der Waals surface area (Å²) < 4.78 is 26.0. The second-order valence-corrected chi connectivity index (χ2v) is 8.79. The van der Waals surface area contributed by atoms with Crippen LogP contribution in [-0.4, -0.2) is 31.2 Å². The summed E-state index contributed by atoms with van der Waals surface area (Å²) in [6.07, 6.45) is 3.16. The molecule has 34 heavy (non-hydrogen) atoms. The number of halogens is 1. The summed E-state index contributed by atoms with van der Waals surface area (Å²) >= 11 is 0. The summed E-state index contributed by atoms with van der Waals surface area (Å²) in [6, 6.07) is 19.1. The highest BCUT2D eigenvalue weighted by Crippen LogP contribution is 2.34. The van der Waals surface area contributed by atoms with E-state index in [-0.39, 0.29) is 11.8 Å². The summed E-state index contributed by atoms with van der Waals surface area (Å²) in [7, 11) is 1.42. The van der Waals surface area contributed by atoms with Crippen LogP contribution in [0.1, 0.15) is 36.9 Å². The molecule has 0 unspecified atom stereocenters. The van der Waals surface area contributed by atoms with Crippen molar-refractivity contribution in [2.24, 2.45) is 5.92 Å². The molecular weight excluding hydrogens is 431 g/mol. The van der Waals surface area contributed by atoms with Crippen LogP contribution in [0.2, 0.25) is 0 Å². The molecule has 1 aromatic heterocycles. The number of aryl methyl sites for hydroxylation is 1. The van der Waals surface area contributed by atoms with Gasteiger partial charge < -0.3 is 14.4 Å². The smallest absolute Gasteiger partial charge is 0.305 e. The van der Waals surface area contributed by atoms with Gasteiger partial charge in [-0.2, -0.15) is 0 Å². The second kappa shape index (κ2) is 11.1. The van der Waals surface area contributed by atoms with Crippen molar-refractivity contribution in [1.82, 2.24) is 4.98 Å². The van der Waals surface area contributed by atoms with Gasteiger partial charge in [0.2, 0.25) is 5.88 Å². The van der Waals surface area contributed by atoms with E-state index in [0.29, 0.717) is 30.5 Å². The number of aromatic nitrogens is 1. The van der Waals surface area contributed by atoms with Gasteiger partial charge in [0, 0.05) is 30.8 Å². The van der Waals surface area contributed by atoms with Crippen molar-refractivity contribution < 1.29 is 18.7 Å². The van der Waals surface area contributed by atoms with Gasteiger partial charge in [-0.3, -0.25) is 4.79 Å². The first kappa shape index (κ1) is 23.7. The SMILES string of the molecule is COC(=O)CCC1CCN(c2ccc(-c3ccc(C)nc3OCc3ccccc3)cc2F)CC1. The highest BCUT2D eigenvalue weighted by atomic mass is 19.1. The Morgan fingerprint density at radius 2 is 1.85 bits per heavy atom. The largest absolute Gasteiger partial charge is 0.472 e. The van der Waals surface area contributed by atoms with Crippen LogP contribution in [0.15, 0.2) is 60.7 Å². The lowest BCUT2D eigenvalue weighted by Crippen LogP contribution is -2.34. The van der Waals surface area contributed by atoms with E-state index in [1.165, 1.54) is 7.11 Å². The maximum Gasteiger partial charge on any atom is 0.305 e. The zero-order chi connectivity index (χ0) is 23.9. The Bertz CT molecular complexity index is 1110. The third-order valence-electron chi connectivity index (χ3n) is 6.42. The number of carbonyl (C=O) groups excluding carboxylic acids is 1. The fourth-order valence-corrected chi connectivity index (χ4v) is 4.41. The lowest BCUT2D eigenvalue weighted by Gasteiger charge is -2.33. The van der Waals surface area contributed by atoms with E-state index in [4.69, 9.17) is 9.47 Å². The third kappa shape index (κ3) is 5.93. The zero-order valence-corrected chi connectivity index (χ0v) is 19.8. The van der Waals surface area contributed by atoms with Crippen molar-refractivity contribution in [2.75, 3.05) is 25.1 Å². The van der Waals surface area contributed by atoms with Gasteiger partial charge in [-0.25, -0.2) is 9.37 Å². The Hall–Kier alpha value is -3.41. The molecule has 1 fully saturated rings. The molecule has 0 amide bonds. The first-order chi connectivity index (χ1) is 16.5. The van der Waals surface area contributed by atoms with E-state index < -0.39 is 0 Å². The first-order valence-electron chi connectivity index (χ1n) is 11.8. The topological polar surface area (TPSA) is 51.7 Å². The number of rotatable bonds is 8. The number of nitrogens with zero attached hydrogens (tertiary/aromatic N) is 2. The fourth-order valence-electron chi connectivity index (χ4n) is 4.41. The molecule has 0 aliphatic carbocycles. The molecule has 0 spiro atoms. The van der Waals surface area contributed by atoms with Gasteiger partial charge in [0.05, 0.1) is 12.8 Å². The Kier molecular flexibility index (Phi) is 7.78. The lowest BCUT2D eigenvalue weighted by molar-refractivity contribution is -0.141. The van der Waals surface area contributed by atoms with Gasteiger partial charge in [-0.05, 0) is 67.5 Å². The molecule has 178 valence electrons. The molecule has 0 saturated carbocycles. The van der Waals surface area contributed by atoms with Gasteiger partial charge in [0.15, 0.2) is 0 Å². The molecule has 5 nitrogen and oxygen atoms in total. The zero-order valence-electron chi connectivity index (χ0n) is 19.8. The molecule has 6 heteroatoms. The van der Waals surface area contributed by atoms with Crippen LogP contribution in [0.5, 0.6) is 5.88 Å². The monoisotopic (exact) mass is 462 g/mol. The van der Waals surface area contributed by atoms with Crippen molar-refractivity contribution in [3.63, 3.8) is 0 Å². The highest BCUT2D eigenvalue weighted by molar-refractivity contribution is 5.71. The molecule has 3 aromatic rings. The van der Waals surface area contributed by atoms with Gasteiger partial charge >= 0.3 is 5.97 Å². The molecule has 1 aliphatic rings. The predicted molar refractivity (Wildman–Crippen MR) is 131 cm³/mol. The molecule has 2 heterocycles. The van der Waals surface area contributed by atoms with Gasteiger partial charge in [-0.15, -0.1) is 0 Å². The van der Waals surface area contributed by atoms with E-state index in [2.05, 4.69) is 9.88 Å². The van der Waals surface area contributed by atoms with Crippen molar-refractivity contribution in [3.8, 4) is 17.0 Å². The number of esters is 1. The molecule has 0 atom stereocenters. The Balaban J connectivity index is 1.45. The molecule has 2 aromatic carbocycles. The maximum absolute atomic E-state index is 15.2. The van der Waals surface area contributed by atoms with Gasteiger partial charge in [0.25, 0.3) is 0 Å². The molecular formula is C28H31FN2O3. The number of methoxy groups -OCH3 is 1. The van der Waals surface area contributed by atoms with E-state index in [9.17, 15) is 4.79 Å². The Labute approximate surface area is 200 Å². The van der Waals surface area contributed by atoms with Crippen LogP contribution in [-0.2, 0) is 16.1 Å². The second-order valence-electron chi connectivity index (χ2n) is 8.79. The number of pyridine rings is 1. The number of ether oxygens (including phenoxy) is 2. The first-order valence-corrected chi connectivity index (χ1v) is 11.8. The third-order valence-corrected chi connectivity index (χ3v) is 6.42. The van der Waals surface area contributed by atoms with Crippen LogP contribution in [0.4, 0.5) is 10.1 Å². The highest BCUT2D eigenvalue weighted by Gasteiger charge is 2.22. The van der Waals surface area contributed by atoms with Crippen molar-refractivity contribution >= 4 is 11.7 Å². The van der Waals surface area contributed by atoms with E-state index in [1.807, 2.05) is 61.5 Å². The standard InChI is InChI=1S/C28H31FN2O3/c1-20-8-11-24(28(30-20)34-19-22-6-4-3-5-7-22)23-10-12-26(25(29)18-23)31-16-14-21(15-17-31)9-13-27(32)33-2/h3-8,10-12,18,21H,9,13-17,19H2,1-2H3. The summed E-state index contributed by atoms with van der Waals surface area (Å²) in [6.45, 7) is 3.87. The van der Waals surface area contributed by atoms with Crippen molar-refractivity contribution in [3.05, 3.63) is 77.7 Å².